The molecule has 0 saturated heterocycles. The summed E-state index contributed by atoms with van der Waals surface area (Å²) in [6.07, 6.45) is -1.14. The van der Waals surface area contributed by atoms with E-state index in [0.29, 0.717) is 21.0 Å². The number of carbonyl (C=O) groups excluding carboxylic acids is 2. The zero-order valence-corrected chi connectivity index (χ0v) is 18.5. The van der Waals surface area contributed by atoms with Gasteiger partial charge in [0.2, 0.25) is 11.8 Å². The summed E-state index contributed by atoms with van der Waals surface area (Å²) in [7, 11) is 0. The molecule has 2 aromatic rings. The zero-order valence-electron chi connectivity index (χ0n) is 16.1. The van der Waals surface area contributed by atoms with Crippen LogP contribution in [0, 0.1) is 18.2 Å². The van der Waals surface area contributed by atoms with Crippen LogP contribution < -0.4 is 17.2 Å². The number of hydrogen-bond donors (Lipinski definition) is 5. The van der Waals surface area contributed by atoms with Gasteiger partial charge in [0.15, 0.2) is 0 Å². The van der Waals surface area contributed by atoms with Crippen LogP contribution >= 0.6 is 35.8 Å². The standard InChI is InChI=1S/C12H15ClFN3O2.C7H6ClNOS/c1-5-3-4-7(14)8(9(5)13)6(2)10(15)11(16)19-12(17)18;8-4-1-2-6(11)5(3-4)7(9)10/h3-4,6,10,16H,15H2,1-2H3,(H2,17,18);1-3,11H,(H2,9,10). The van der Waals surface area contributed by atoms with Gasteiger partial charge in [0.1, 0.15) is 5.82 Å². The first kappa shape index (κ1) is 25.7. The molecule has 0 aromatic heterocycles. The van der Waals surface area contributed by atoms with Gasteiger partial charge in [-0.05, 0) is 36.8 Å². The second-order valence-corrected chi connectivity index (χ2v) is 7.51. The van der Waals surface area contributed by atoms with Gasteiger partial charge in [-0.1, -0.05) is 36.2 Å². The molecule has 0 aliphatic heterocycles. The van der Waals surface area contributed by atoms with Crippen molar-refractivity contribution in [3.8, 4) is 0 Å². The highest BCUT2D eigenvalue weighted by Gasteiger charge is 2.27. The number of primary amides is 2. The van der Waals surface area contributed by atoms with Crippen molar-refractivity contribution in [2.45, 2.75) is 30.7 Å². The number of aryl methyl sites for hydroxylation is 1. The van der Waals surface area contributed by atoms with E-state index >= 15 is 0 Å². The highest BCUT2D eigenvalue weighted by Crippen LogP contribution is 2.31. The third-order valence-corrected chi connectivity index (χ3v) is 5.18. The van der Waals surface area contributed by atoms with Crippen LogP contribution in [-0.4, -0.2) is 23.9 Å². The minimum absolute atomic E-state index is 0.187. The minimum Gasteiger partial charge on any atom is -0.394 e. The van der Waals surface area contributed by atoms with Gasteiger partial charge in [0.05, 0.1) is 11.6 Å². The average Bonchev–Trinajstić information content (AvgIpc) is 2.66. The predicted molar refractivity (Wildman–Crippen MR) is 118 cm³/mol. The van der Waals surface area contributed by atoms with Crippen molar-refractivity contribution in [1.82, 2.24) is 0 Å². The molecule has 0 spiro atoms. The van der Waals surface area contributed by atoms with Crippen LogP contribution in [0.3, 0.4) is 0 Å². The second kappa shape index (κ2) is 11.2. The first-order valence-electron chi connectivity index (χ1n) is 8.40. The van der Waals surface area contributed by atoms with Crippen molar-refractivity contribution in [3.05, 3.63) is 62.9 Å². The van der Waals surface area contributed by atoms with Crippen LogP contribution in [0.4, 0.5) is 9.18 Å². The molecule has 2 rings (SSSR count). The zero-order chi connectivity index (χ0) is 23.2. The lowest BCUT2D eigenvalue weighted by Crippen LogP contribution is -2.39. The molecule has 11 heteroatoms. The van der Waals surface area contributed by atoms with E-state index in [0.717, 1.165) is 0 Å². The molecular formula is C19H21Cl2FN4O3S. The number of amides is 2. The van der Waals surface area contributed by atoms with Gasteiger partial charge in [-0.25, -0.2) is 9.18 Å². The summed E-state index contributed by atoms with van der Waals surface area (Å²) in [6, 6.07) is 6.57. The summed E-state index contributed by atoms with van der Waals surface area (Å²) in [6.45, 7) is 3.32. The molecule has 0 bridgehead atoms. The van der Waals surface area contributed by atoms with E-state index in [-0.39, 0.29) is 10.6 Å². The summed E-state index contributed by atoms with van der Waals surface area (Å²) < 4.78 is 18.2. The number of rotatable bonds is 4. The van der Waals surface area contributed by atoms with Gasteiger partial charge in [-0.3, -0.25) is 10.2 Å². The Kier molecular flexibility index (Phi) is 9.57. The van der Waals surface area contributed by atoms with Gasteiger partial charge in [-0.2, -0.15) is 0 Å². The number of nitrogens with two attached hydrogens (primary N) is 3. The summed E-state index contributed by atoms with van der Waals surface area (Å²) >= 11 is 15.7. The fourth-order valence-electron chi connectivity index (χ4n) is 2.38. The molecule has 0 fully saturated rings. The van der Waals surface area contributed by atoms with Crippen molar-refractivity contribution < 1.29 is 18.7 Å². The molecule has 2 unspecified atom stereocenters. The molecule has 0 radical (unpaired) electrons. The van der Waals surface area contributed by atoms with E-state index in [9.17, 15) is 14.0 Å². The Labute approximate surface area is 188 Å². The molecule has 0 saturated carbocycles. The van der Waals surface area contributed by atoms with Crippen molar-refractivity contribution in [2.24, 2.45) is 17.2 Å². The smallest absolute Gasteiger partial charge is 0.394 e. The van der Waals surface area contributed by atoms with E-state index in [1.165, 1.54) is 12.1 Å². The van der Waals surface area contributed by atoms with Crippen LogP contribution in [0.25, 0.3) is 0 Å². The number of nitrogens with one attached hydrogen (secondary N) is 1. The highest BCUT2D eigenvalue weighted by atomic mass is 35.5. The summed E-state index contributed by atoms with van der Waals surface area (Å²) in [5, 5.41) is 8.21. The molecule has 0 heterocycles. The van der Waals surface area contributed by atoms with Crippen molar-refractivity contribution in [2.75, 3.05) is 0 Å². The lowest BCUT2D eigenvalue weighted by Gasteiger charge is -2.22. The summed E-state index contributed by atoms with van der Waals surface area (Å²) in [4.78, 5) is 21.8. The van der Waals surface area contributed by atoms with Crippen molar-refractivity contribution >= 4 is 53.7 Å². The Morgan fingerprint density at radius 1 is 1.20 bits per heavy atom. The SMILES string of the molecule is Cc1ccc(F)c(C(C)C(N)C(=N)OC(N)=O)c1Cl.NC(=O)c1cc(Cl)ccc1S. The number of benzene rings is 2. The summed E-state index contributed by atoms with van der Waals surface area (Å²) in [5.74, 6) is -2.21. The number of ether oxygens (including phenoxy) is 1. The molecule has 0 aliphatic carbocycles. The van der Waals surface area contributed by atoms with E-state index in [2.05, 4.69) is 17.4 Å². The first-order valence-corrected chi connectivity index (χ1v) is 9.61. The first-order chi connectivity index (χ1) is 13.9. The van der Waals surface area contributed by atoms with E-state index in [1.54, 1.807) is 32.0 Å². The third-order valence-electron chi connectivity index (χ3n) is 4.05. The van der Waals surface area contributed by atoms with Crippen LogP contribution in [-0.2, 0) is 4.74 Å². The number of hydrogen-bond acceptors (Lipinski definition) is 6. The molecule has 2 aromatic carbocycles. The molecular weight excluding hydrogens is 454 g/mol. The van der Waals surface area contributed by atoms with Gasteiger partial charge in [0.25, 0.3) is 0 Å². The summed E-state index contributed by atoms with van der Waals surface area (Å²) in [5.41, 5.74) is 16.8. The normalized spacial score (nSPS) is 12.2. The molecule has 0 aliphatic rings. The molecule has 7 N–H and O–H groups in total. The monoisotopic (exact) mass is 474 g/mol. The number of thiol groups is 1. The highest BCUT2D eigenvalue weighted by molar-refractivity contribution is 7.80. The Bertz CT molecular complexity index is 975. The Morgan fingerprint density at radius 3 is 2.30 bits per heavy atom. The molecule has 2 amide bonds. The van der Waals surface area contributed by atoms with Crippen LogP contribution in [0.1, 0.15) is 34.3 Å². The fraction of sp³-hybridized carbons (Fsp3) is 0.211. The predicted octanol–water partition coefficient (Wildman–Crippen LogP) is 4.02. The topological polar surface area (TPSA) is 145 Å². The molecule has 30 heavy (non-hydrogen) atoms. The number of halogens is 3. The van der Waals surface area contributed by atoms with E-state index in [1.807, 2.05) is 0 Å². The van der Waals surface area contributed by atoms with E-state index in [4.69, 9.17) is 45.8 Å². The van der Waals surface area contributed by atoms with Crippen molar-refractivity contribution in [1.29, 1.82) is 5.41 Å². The second-order valence-electron chi connectivity index (χ2n) is 6.22. The average molecular weight is 475 g/mol. The van der Waals surface area contributed by atoms with Gasteiger partial charge >= 0.3 is 6.09 Å². The van der Waals surface area contributed by atoms with Crippen LogP contribution in [0.5, 0.6) is 0 Å². The maximum Gasteiger partial charge on any atom is 0.411 e. The lowest BCUT2D eigenvalue weighted by atomic mass is 9.92. The third kappa shape index (κ3) is 6.88. The Balaban J connectivity index is 0.000000346. The van der Waals surface area contributed by atoms with Gasteiger partial charge in [0, 0.05) is 26.4 Å². The minimum atomic E-state index is -1.14. The lowest BCUT2D eigenvalue weighted by molar-refractivity contribution is 0.0997. The Hall–Kier alpha value is -2.33. The fourth-order valence-corrected chi connectivity index (χ4v) is 3.13. The molecule has 7 nitrogen and oxygen atoms in total. The van der Waals surface area contributed by atoms with Crippen LogP contribution in [0.2, 0.25) is 10.0 Å². The maximum absolute atomic E-state index is 13.8. The van der Waals surface area contributed by atoms with E-state index < -0.39 is 35.7 Å². The van der Waals surface area contributed by atoms with Gasteiger partial charge < -0.3 is 21.9 Å². The Morgan fingerprint density at radius 2 is 1.80 bits per heavy atom. The molecule has 2 atom stereocenters. The number of carbonyl (C=O) groups is 2. The largest absolute Gasteiger partial charge is 0.411 e. The quantitative estimate of drug-likeness (QED) is 0.258. The van der Waals surface area contributed by atoms with Gasteiger partial charge in [-0.15, -0.1) is 12.6 Å². The molecule has 162 valence electrons. The maximum atomic E-state index is 13.8. The van der Waals surface area contributed by atoms with Crippen molar-refractivity contribution in [3.63, 3.8) is 0 Å². The van der Waals surface area contributed by atoms with Crippen LogP contribution in [0.15, 0.2) is 35.2 Å².